The van der Waals surface area contributed by atoms with Crippen molar-refractivity contribution in [3.05, 3.63) is 29.8 Å². The number of nitrogens with zero attached hydrogens (tertiary/aromatic N) is 4. The van der Waals surface area contributed by atoms with Crippen molar-refractivity contribution in [2.24, 2.45) is 0 Å². The van der Waals surface area contributed by atoms with E-state index in [2.05, 4.69) is 15.9 Å². The Balaban J connectivity index is 1.22. The maximum Gasteiger partial charge on any atom is 0.407 e. The van der Waals surface area contributed by atoms with Crippen molar-refractivity contribution in [1.29, 1.82) is 5.26 Å². The Bertz CT molecular complexity index is 736. The van der Waals surface area contributed by atoms with Gasteiger partial charge in [-0.1, -0.05) is 0 Å². The first kappa shape index (κ1) is 20.0. The average molecular weight is 400 g/mol. The molecular weight excluding hydrogens is 372 g/mol. The average Bonchev–Trinajstić information content (AvgIpc) is 3.16. The molecule has 3 saturated heterocycles. The van der Waals surface area contributed by atoms with Gasteiger partial charge in [-0.25, -0.2) is 4.79 Å². The van der Waals surface area contributed by atoms with Crippen molar-refractivity contribution >= 4 is 6.09 Å². The highest BCUT2D eigenvalue weighted by molar-refractivity contribution is 5.65. The van der Waals surface area contributed by atoms with Gasteiger partial charge in [0.1, 0.15) is 12.4 Å². The molecule has 0 radical (unpaired) electrons. The monoisotopic (exact) mass is 400 g/mol. The molecule has 2 bridgehead atoms. The van der Waals surface area contributed by atoms with Gasteiger partial charge in [0.05, 0.1) is 23.8 Å². The summed E-state index contributed by atoms with van der Waals surface area (Å²) in [5.74, 6) is 0.781. The van der Waals surface area contributed by atoms with Crippen LogP contribution in [0.4, 0.5) is 4.79 Å². The van der Waals surface area contributed by atoms with E-state index in [0.29, 0.717) is 18.7 Å². The number of benzene rings is 1. The zero-order chi connectivity index (χ0) is 20.2. The van der Waals surface area contributed by atoms with Crippen molar-refractivity contribution in [3.8, 4) is 11.8 Å². The zero-order valence-corrected chi connectivity index (χ0v) is 16.6. The number of amides is 1. The molecule has 1 aromatic carbocycles. The molecule has 1 amide bonds. The molecule has 8 heteroatoms. The van der Waals surface area contributed by atoms with Crippen molar-refractivity contribution in [2.75, 3.05) is 52.4 Å². The number of hydrogen-bond acceptors (Lipinski definition) is 6. The highest BCUT2D eigenvalue weighted by Gasteiger charge is 2.37. The fourth-order valence-corrected chi connectivity index (χ4v) is 4.69. The summed E-state index contributed by atoms with van der Waals surface area (Å²) in [4.78, 5) is 17.7. The van der Waals surface area contributed by atoms with E-state index in [0.717, 1.165) is 57.9 Å². The molecule has 0 saturated carbocycles. The number of carbonyl (C=O) groups is 1. The number of nitriles is 1. The van der Waals surface area contributed by atoms with E-state index in [4.69, 9.17) is 14.7 Å². The molecule has 3 aliphatic heterocycles. The minimum absolute atomic E-state index is 0.114. The minimum Gasteiger partial charge on any atom is -0.492 e. The number of morpholine rings is 2. The lowest BCUT2D eigenvalue weighted by atomic mass is 10.1. The number of ether oxygens (including phenoxy) is 2. The van der Waals surface area contributed by atoms with Gasteiger partial charge in [0.15, 0.2) is 0 Å². The van der Waals surface area contributed by atoms with E-state index >= 15 is 0 Å². The van der Waals surface area contributed by atoms with Gasteiger partial charge in [-0.15, -0.1) is 0 Å². The third kappa shape index (κ3) is 4.99. The molecular formula is C21H28N4O4. The maximum absolute atomic E-state index is 11.4. The summed E-state index contributed by atoms with van der Waals surface area (Å²) in [6.45, 7) is 6.36. The SMILES string of the molecule is N#Cc1ccc(OCCN2CC3CN(CC4CCCN4C(=O)O)CC(C2)O3)cc1. The Labute approximate surface area is 171 Å². The first-order valence-electron chi connectivity index (χ1n) is 10.3. The molecule has 156 valence electrons. The number of fused-ring (bicyclic) bond motifs is 2. The Kier molecular flexibility index (Phi) is 6.19. The molecule has 0 spiro atoms. The van der Waals surface area contributed by atoms with Gasteiger partial charge in [-0.05, 0) is 37.1 Å². The quantitative estimate of drug-likeness (QED) is 0.773. The van der Waals surface area contributed by atoms with E-state index in [1.54, 1.807) is 17.0 Å². The number of carboxylic acid groups (broad SMARTS) is 1. The summed E-state index contributed by atoms with van der Waals surface area (Å²) in [6, 6.07) is 9.40. The van der Waals surface area contributed by atoms with E-state index in [1.165, 1.54) is 0 Å². The number of rotatable bonds is 6. The Morgan fingerprint density at radius 3 is 2.52 bits per heavy atom. The second-order valence-corrected chi connectivity index (χ2v) is 8.11. The summed E-state index contributed by atoms with van der Waals surface area (Å²) in [5.41, 5.74) is 0.631. The molecule has 3 heterocycles. The minimum atomic E-state index is -0.797. The largest absolute Gasteiger partial charge is 0.492 e. The van der Waals surface area contributed by atoms with Crippen LogP contribution in [0.3, 0.4) is 0 Å². The predicted octanol–water partition coefficient (Wildman–Crippen LogP) is 1.46. The first-order chi connectivity index (χ1) is 14.1. The van der Waals surface area contributed by atoms with Gasteiger partial charge >= 0.3 is 6.09 Å². The molecule has 8 nitrogen and oxygen atoms in total. The fourth-order valence-electron chi connectivity index (χ4n) is 4.69. The van der Waals surface area contributed by atoms with E-state index in [9.17, 15) is 9.90 Å². The normalized spacial score (nSPS) is 27.6. The molecule has 3 atom stereocenters. The standard InChI is InChI=1S/C21H28N4O4/c22-10-16-3-5-18(6-4-16)28-9-8-23-12-19-14-24(15-20(13-23)29-19)11-17-2-1-7-25(17)21(26)27/h3-6,17,19-20H,1-2,7-9,11-15H2,(H,26,27). The van der Waals surface area contributed by atoms with Gasteiger partial charge in [0.2, 0.25) is 0 Å². The predicted molar refractivity (Wildman–Crippen MR) is 106 cm³/mol. The summed E-state index contributed by atoms with van der Waals surface area (Å²) >= 11 is 0. The van der Waals surface area contributed by atoms with Crippen LogP contribution in [0.1, 0.15) is 18.4 Å². The summed E-state index contributed by atoms with van der Waals surface area (Å²) in [7, 11) is 0. The van der Waals surface area contributed by atoms with Crippen LogP contribution in [-0.4, -0.2) is 96.6 Å². The van der Waals surface area contributed by atoms with Crippen LogP contribution in [0, 0.1) is 11.3 Å². The highest BCUT2D eigenvalue weighted by atomic mass is 16.5. The molecule has 1 aromatic rings. The topological polar surface area (TPSA) is 89.3 Å². The fraction of sp³-hybridized carbons (Fsp3) is 0.619. The van der Waals surface area contributed by atoms with E-state index in [-0.39, 0.29) is 18.2 Å². The van der Waals surface area contributed by atoms with Gasteiger partial charge in [0, 0.05) is 51.9 Å². The van der Waals surface area contributed by atoms with Crippen molar-refractivity contribution in [3.63, 3.8) is 0 Å². The molecule has 3 fully saturated rings. The highest BCUT2D eigenvalue weighted by Crippen LogP contribution is 2.23. The van der Waals surface area contributed by atoms with Crippen LogP contribution < -0.4 is 4.74 Å². The van der Waals surface area contributed by atoms with Crippen LogP contribution in [0.25, 0.3) is 0 Å². The lowest BCUT2D eigenvalue weighted by Gasteiger charge is -2.46. The molecule has 0 aliphatic carbocycles. The summed E-state index contributed by atoms with van der Waals surface area (Å²) in [6.07, 6.45) is 1.45. The molecule has 29 heavy (non-hydrogen) atoms. The van der Waals surface area contributed by atoms with Crippen LogP contribution in [0.15, 0.2) is 24.3 Å². The Morgan fingerprint density at radius 1 is 1.17 bits per heavy atom. The first-order valence-corrected chi connectivity index (χ1v) is 10.3. The molecule has 4 rings (SSSR count). The van der Waals surface area contributed by atoms with Crippen LogP contribution in [0.5, 0.6) is 5.75 Å². The third-order valence-electron chi connectivity index (χ3n) is 5.98. The summed E-state index contributed by atoms with van der Waals surface area (Å²) < 4.78 is 11.9. The molecule has 3 unspecified atom stereocenters. The van der Waals surface area contributed by atoms with Gasteiger partial charge < -0.3 is 19.5 Å². The summed E-state index contributed by atoms with van der Waals surface area (Å²) in [5, 5.41) is 18.2. The number of likely N-dealkylation sites (tertiary alicyclic amines) is 1. The number of hydrogen-bond donors (Lipinski definition) is 1. The maximum atomic E-state index is 11.4. The lowest BCUT2D eigenvalue weighted by molar-refractivity contribution is -0.141. The third-order valence-corrected chi connectivity index (χ3v) is 5.98. The van der Waals surface area contributed by atoms with Gasteiger partial charge in [-0.3, -0.25) is 9.80 Å². The molecule has 3 aliphatic rings. The Hall–Kier alpha value is -2.34. The van der Waals surface area contributed by atoms with Gasteiger partial charge in [-0.2, -0.15) is 5.26 Å². The second-order valence-electron chi connectivity index (χ2n) is 8.11. The zero-order valence-electron chi connectivity index (χ0n) is 16.6. The van der Waals surface area contributed by atoms with Crippen molar-refractivity contribution < 1.29 is 19.4 Å². The molecule has 1 N–H and O–H groups in total. The van der Waals surface area contributed by atoms with Crippen LogP contribution in [0.2, 0.25) is 0 Å². The molecule has 0 aromatic heterocycles. The van der Waals surface area contributed by atoms with E-state index < -0.39 is 6.09 Å². The Morgan fingerprint density at radius 2 is 1.86 bits per heavy atom. The van der Waals surface area contributed by atoms with Crippen LogP contribution >= 0.6 is 0 Å². The van der Waals surface area contributed by atoms with Crippen LogP contribution in [-0.2, 0) is 4.74 Å². The second kappa shape index (κ2) is 8.99. The van der Waals surface area contributed by atoms with E-state index in [1.807, 2.05) is 12.1 Å². The lowest BCUT2D eigenvalue weighted by Crippen LogP contribution is -2.61. The van der Waals surface area contributed by atoms with Gasteiger partial charge in [0.25, 0.3) is 0 Å². The van der Waals surface area contributed by atoms with Crippen molar-refractivity contribution in [2.45, 2.75) is 31.1 Å². The van der Waals surface area contributed by atoms with Crippen molar-refractivity contribution in [1.82, 2.24) is 14.7 Å². The smallest absolute Gasteiger partial charge is 0.407 e.